The van der Waals surface area contributed by atoms with Gasteiger partial charge in [0.25, 0.3) is 0 Å². The molecule has 0 radical (unpaired) electrons. The van der Waals surface area contributed by atoms with E-state index in [1.807, 2.05) is 12.2 Å². The van der Waals surface area contributed by atoms with E-state index in [4.69, 9.17) is 0 Å². The van der Waals surface area contributed by atoms with Crippen LogP contribution in [0.1, 0.15) is 11.1 Å². The highest BCUT2D eigenvalue weighted by atomic mass is 15.1. The number of benzene rings is 2. The van der Waals surface area contributed by atoms with E-state index in [1.54, 1.807) is 6.08 Å². The zero-order valence-electron chi connectivity index (χ0n) is 12.7. The van der Waals surface area contributed by atoms with Crippen LogP contribution in [-0.2, 0) is 0 Å². The van der Waals surface area contributed by atoms with Crippen molar-refractivity contribution >= 4 is 11.4 Å². The third-order valence-electron chi connectivity index (χ3n) is 3.26. The minimum Gasteiger partial charge on any atom is -0.311 e. The SMILES string of the molecule is C=C/C=C\C(=C)N(c1ccc(C)cc1)c1cccc(C)c1. The summed E-state index contributed by atoms with van der Waals surface area (Å²) in [6.45, 7) is 12.1. The number of rotatable bonds is 5. The van der Waals surface area contributed by atoms with Crippen LogP contribution in [0.25, 0.3) is 0 Å². The van der Waals surface area contributed by atoms with Gasteiger partial charge in [0.15, 0.2) is 0 Å². The molecule has 0 aliphatic rings. The summed E-state index contributed by atoms with van der Waals surface area (Å²) in [4.78, 5) is 2.15. The lowest BCUT2D eigenvalue weighted by Gasteiger charge is -2.26. The van der Waals surface area contributed by atoms with Gasteiger partial charge in [-0.05, 0) is 49.8 Å². The Hall–Kier alpha value is -2.54. The van der Waals surface area contributed by atoms with E-state index in [0.717, 1.165) is 17.1 Å². The number of anilines is 2. The Kier molecular flexibility index (Phi) is 4.78. The van der Waals surface area contributed by atoms with Crippen molar-refractivity contribution in [3.63, 3.8) is 0 Å². The normalized spacial score (nSPS) is 10.6. The minimum absolute atomic E-state index is 0.907. The summed E-state index contributed by atoms with van der Waals surface area (Å²) in [6, 6.07) is 16.9. The van der Waals surface area contributed by atoms with E-state index in [2.05, 4.69) is 80.4 Å². The molecule has 0 bridgehead atoms. The average Bonchev–Trinajstić information content (AvgIpc) is 2.47. The highest BCUT2D eigenvalue weighted by Gasteiger charge is 2.11. The second-order valence-electron chi connectivity index (χ2n) is 5.10. The molecular formula is C20H21N. The number of nitrogens with zero attached hydrogens (tertiary/aromatic N) is 1. The second-order valence-corrected chi connectivity index (χ2v) is 5.10. The number of hydrogen-bond acceptors (Lipinski definition) is 1. The maximum atomic E-state index is 4.19. The van der Waals surface area contributed by atoms with Crippen LogP contribution in [0.4, 0.5) is 11.4 Å². The van der Waals surface area contributed by atoms with Crippen LogP contribution in [0, 0.1) is 13.8 Å². The fraction of sp³-hybridized carbons (Fsp3) is 0.100. The molecule has 1 nitrogen and oxygen atoms in total. The fourth-order valence-electron chi connectivity index (χ4n) is 2.20. The molecular weight excluding hydrogens is 254 g/mol. The molecule has 21 heavy (non-hydrogen) atoms. The molecule has 0 aliphatic heterocycles. The van der Waals surface area contributed by atoms with E-state index >= 15 is 0 Å². The highest BCUT2D eigenvalue weighted by molar-refractivity contribution is 5.70. The van der Waals surface area contributed by atoms with Gasteiger partial charge in [-0.3, -0.25) is 0 Å². The van der Waals surface area contributed by atoms with Gasteiger partial charge in [0, 0.05) is 17.1 Å². The van der Waals surface area contributed by atoms with E-state index in [-0.39, 0.29) is 0 Å². The van der Waals surface area contributed by atoms with Gasteiger partial charge in [-0.2, -0.15) is 0 Å². The Balaban J connectivity index is 2.48. The van der Waals surface area contributed by atoms with Crippen LogP contribution in [0.2, 0.25) is 0 Å². The number of aryl methyl sites for hydroxylation is 2. The Labute approximate surface area is 127 Å². The van der Waals surface area contributed by atoms with Gasteiger partial charge < -0.3 is 4.90 Å². The smallest absolute Gasteiger partial charge is 0.0463 e. The first-order valence-corrected chi connectivity index (χ1v) is 7.03. The maximum absolute atomic E-state index is 4.19. The lowest BCUT2D eigenvalue weighted by molar-refractivity contribution is 1.21. The molecule has 2 aromatic carbocycles. The first-order chi connectivity index (χ1) is 10.1. The summed E-state index contributed by atoms with van der Waals surface area (Å²) < 4.78 is 0. The van der Waals surface area contributed by atoms with Crippen molar-refractivity contribution < 1.29 is 0 Å². The summed E-state index contributed by atoms with van der Waals surface area (Å²) in [5, 5.41) is 0. The largest absolute Gasteiger partial charge is 0.311 e. The van der Waals surface area contributed by atoms with E-state index in [0.29, 0.717) is 0 Å². The van der Waals surface area contributed by atoms with Crippen molar-refractivity contribution in [2.24, 2.45) is 0 Å². The molecule has 0 aliphatic carbocycles. The predicted octanol–water partition coefficient (Wildman–Crippen LogP) is 5.70. The van der Waals surface area contributed by atoms with Crippen molar-refractivity contribution in [3.8, 4) is 0 Å². The Morgan fingerprint density at radius 1 is 0.952 bits per heavy atom. The molecule has 0 unspecified atom stereocenters. The molecule has 0 N–H and O–H groups in total. The lowest BCUT2D eigenvalue weighted by atomic mass is 10.1. The molecule has 0 spiro atoms. The third-order valence-corrected chi connectivity index (χ3v) is 3.26. The van der Waals surface area contributed by atoms with E-state index < -0.39 is 0 Å². The third kappa shape index (κ3) is 3.73. The average molecular weight is 275 g/mol. The highest BCUT2D eigenvalue weighted by Crippen LogP contribution is 2.30. The summed E-state index contributed by atoms with van der Waals surface area (Å²) in [5.41, 5.74) is 5.59. The number of hydrogen-bond donors (Lipinski definition) is 0. The van der Waals surface area contributed by atoms with Gasteiger partial charge in [-0.25, -0.2) is 0 Å². The van der Waals surface area contributed by atoms with Gasteiger partial charge in [-0.1, -0.05) is 55.1 Å². The summed E-state index contributed by atoms with van der Waals surface area (Å²) in [7, 11) is 0. The van der Waals surface area contributed by atoms with Crippen LogP contribution in [0.5, 0.6) is 0 Å². The molecule has 0 fully saturated rings. The predicted molar refractivity (Wildman–Crippen MR) is 93.0 cm³/mol. The van der Waals surface area contributed by atoms with Crippen molar-refractivity contribution in [3.05, 3.63) is 96.7 Å². The van der Waals surface area contributed by atoms with Gasteiger partial charge in [0.05, 0.1) is 0 Å². The molecule has 106 valence electrons. The maximum Gasteiger partial charge on any atom is 0.0463 e. The van der Waals surface area contributed by atoms with Crippen LogP contribution in [0.15, 0.2) is 85.6 Å². The Morgan fingerprint density at radius 3 is 2.29 bits per heavy atom. The van der Waals surface area contributed by atoms with Crippen LogP contribution < -0.4 is 4.90 Å². The molecule has 0 aromatic heterocycles. The van der Waals surface area contributed by atoms with Crippen molar-refractivity contribution in [1.82, 2.24) is 0 Å². The van der Waals surface area contributed by atoms with Crippen LogP contribution in [0.3, 0.4) is 0 Å². The van der Waals surface area contributed by atoms with E-state index in [9.17, 15) is 0 Å². The van der Waals surface area contributed by atoms with Gasteiger partial charge in [0.1, 0.15) is 0 Å². The Morgan fingerprint density at radius 2 is 1.67 bits per heavy atom. The summed E-state index contributed by atoms with van der Waals surface area (Å²) >= 11 is 0. The topological polar surface area (TPSA) is 3.24 Å². The van der Waals surface area contributed by atoms with Crippen molar-refractivity contribution in [2.45, 2.75) is 13.8 Å². The lowest BCUT2D eigenvalue weighted by Crippen LogP contribution is -2.14. The zero-order valence-corrected chi connectivity index (χ0v) is 12.7. The molecule has 2 rings (SSSR count). The number of allylic oxidation sites excluding steroid dienone is 3. The zero-order chi connectivity index (χ0) is 15.2. The summed E-state index contributed by atoms with van der Waals surface area (Å²) in [6.07, 6.45) is 5.63. The molecule has 1 heteroatoms. The van der Waals surface area contributed by atoms with Crippen molar-refractivity contribution in [1.29, 1.82) is 0 Å². The van der Waals surface area contributed by atoms with Gasteiger partial charge in [0.2, 0.25) is 0 Å². The standard InChI is InChI=1S/C20H21N/c1-5-6-9-18(4)21(19-13-11-16(2)12-14-19)20-10-7-8-17(3)15-20/h5-15H,1,4H2,2-3H3/b9-6-. The molecule has 2 aromatic rings. The van der Waals surface area contributed by atoms with Crippen LogP contribution >= 0.6 is 0 Å². The monoisotopic (exact) mass is 275 g/mol. The second kappa shape index (κ2) is 6.76. The van der Waals surface area contributed by atoms with E-state index in [1.165, 1.54) is 11.1 Å². The van der Waals surface area contributed by atoms with Crippen LogP contribution in [-0.4, -0.2) is 0 Å². The molecule has 0 saturated heterocycles. The molecule has 0 saturated carbocycles. The first-order valence-electron chi connectivity index (χ1n) is 7.03. The van der Waals surface area contributed by atoms with Gasteiger partial charge >= 0.3 is 0 Å². The fourth-order valence-corrected chi connectivity index (χ4v) is 2.20. The molecule has 0 heterocycles. The minimum atomic E-state index is 0.907. The molecule has 0 amide bonds. The Bertz CT molecular complexity index is 662. The summed E-state index contributed by atoms with van der Waals surface area (Å²) in [5.74, 6) is 0. The van der Waals surface area contributed by atoms with Gasteiger partial charge in [-0.15, -0.1) is 0 Å². The molecule has 0 atom stereocenters. The van der Waals surface area contributed by atoms with Crippen molar-refractivity contribution in [2.75, 3.05) is 4.90 Å². The quantitative estimate of drug-likeness (QED) is 0.633. The first kappa shape index (κ1) is 14.9.